The van der Waals surface area contributed by atoms with Crippen LogP contribution in [-0.2, 0) is 0 Å². The molecule has 0 aliphatic carbocycles. The normalized spacial score (nSPS) is 10.7. The minimum Gasteiger partial charge on any atom is -0.451 e. The highest BCUT2D eigenvalue weighted by Crippen LogP contribution is 2.31. The van der Waals surface area contributed by atoms with Gasteiger partial charge in [0.25, 0.3) is 5.91 Å². The van der Waals surface area contributed by atoms with E-state index >= 15 is 0 Å². The Balaban J connectivity index is 1.83. The van der Waals surface area contributed by atoms with E-state index in [-0.39, 0.29) is 11.4 Å². The van der Waals surface area contributed by atoms with Crippen molar-refractivity contribution in [1.29, 1.82) is 0 Å². The van der Waals surface area contributed by atoms with Crippen LogP contribution in [0, 0.1) is 5.82 Å². The number of amides is 1. The van der Waals surface area contributed by atoms with E-state index in [4.69, 9.17) is 27.6 Å². The molecule has 0 unspecified atom stereocenters. The van der Waals surface area contributed by atoms with Gasteiger partial charge in [0.2, 0.25) is 0 Å². The van der Waals surface area contributed by atoms with E-state index in [0.29, 0.717) is 25.8 Å². The third-order valence-corrected chi connectivity index (χ3v) is 4.25. The smallest absolute Gasteiger partial charge is 0.291 e. The van der Waals surface area contributed by atoms with Crippen LogP contribution in [0.1, 0.15) is 10.6 Å². The SMILES string of the molecule is O=C(Nc1ccc(Br)cc1F)c1ccc(-c2ccc(Cl)cc2Cl)o1. The van der Waals surface area contributed by atoms with Crippen molar-refractivity contribution >= 4 is 50.7 Å². The van der Waals surface area contributed by atoms with Crippen molar-refractivity contribution in [3.8, 4) is 11.3 Å². The molecule has 1 N–H and O–H groups in total. The van der Waals surface area contributed by atoms with E-state index in [9.17, 15) is 9.18 Å². The van der Waals surface area contributed by atoms with Crippen molar-refractivity contribution in [3.63, 3.8) is 0 Å². The van der Waals surface area contributed by atoms with E-state index in [1.807, 2.05) is 0 Å². The number of carbonyl (C=O) groups excluding carboxylic acids is 1. The Hall–Kier alpha value is -1.82. The van der Waals surface area contributed by atoms with E-state index in [1.165, 1.54) is 18.2 Å². The number of benzene rings is 2. The molecular formula is C17H9BrCl2FNO2. The quantitative estimate of drug-likeness (QED) is 0.523. The minimum absolute atomic E-state index is 0.0401. The molecule has 0 saturated carbocycles. The average molecular weight is 429 g/mol. The van der Waals surface area contributed by atoms with Crippen molar-refractivity contribution in [2.45, 2.75) is 0 Å². The number of hydrogen-bond acceptors (Lipinski definition) is 2. The van der Waals surface area contributed by atoms with Crippen LogP contribution < -0.4 is 5.32 Å². The maximum absolute atomic E-state index is 13.8. The zero-order chi connectivity index (χ0) is 17.3. The number of rotatable bonds is 3. The van der Waals surface area contributed by atoms with Gasteiger partial charge in [0.1, 0.15) is 11.6 Å². The lowest BCUT2D eigenvalue weighted by molar-refractivity contribution is 0.0997. The van der Waals surface area contributed by atoms with Crippen molar-refractivity contribution in [2.24, 2.45) is 0 Å². The second-order valence-corrected chi connectivity index (χ2v) is 6.63. The Labute approximate surface area is 155 Å². The Bertz CT molecular complexity index is 927. The first-order valence-electron chi connectivity index (χ1n) is 6.76. The largest absolute Gasteiger partial charge is 0.451 e. The molecule has 122 valence electrons. The monoisotopic (exact) mass is 427 g/mol. The summed E-state index contributed by atoms with van der Waals surface area (Å²) in [5, 5.41) is 3.36. The van der Waals surface area contributed by atoms with Gasteiger partial charge in [-0.1, -0.05) is 39.1 Å². The number of hydrogen-bond donors (Lipinski definition) is 1. The van der Waals surface area contributed by atoms with Gasteiger partial charge in [0.15, 0.2) is 5.76 Å². The van der Waals surface area contributed by atoms with Gasteiger partial charge in [-0.2, -0.15) is 0 Å². The molecule has 0 spiro atoms. The van der Waals surface area contributed by atoms with Crippen molar-refractivity contribution < 1.29 is 13.6 Å². The van der Waals surface area contributed by atoms with Crippen molar-refractivity contribution in [3.05, 3.63) is 74.6 Å². The van der Waals surface area contributed by atoms with E-state index in [1.54, 1.807) is 30.3 Å². The predicted octanol–water partition coefficient (Wildman–Crippen LogP) is 6.41. The summed E-state index contributed by atoms with van der Waals surface area (Å²) in [7, 11) is 0. The van der Waals surface area contributed by atoms with E-state index < -0.39 is 11.7 Å². The van der Waals surface area contributed by atoms with Crippen LogP contribution in [-0.4, -0.2) is 5.91 Å². The zero-order valence-corrected chi connectivity index (χ0v) is 15.0. The van der Waals surface area contributed by atoms with Gasteiger partial charge >= 0.3 is 0 Å². The minimum atomic E-state index is -0.562. The molecule has 1 heterocycles. The maximum atomic E-state index is 13.8. The van der Waals surface area contributed by atoms with Gasteiger partial charge < -0.3 is 9.73 Å². The van der Waals surface area contributed by atoms with Gasteiger partial charge in [-0.05, 0) is 48.5 Å². The fraction of sp³-hybridized carbons (Fsp3) is 0. The fourth-order valence-corrected chi connectivity index (χ4v) is 2.90. The number of halogens is 4. The molecule has 0 atom stereocenters. The topological polar surface area (TPSA) is 42.2 Å². The average Bonchev–Trinajstić information content (AvgIpc) is 3.00. The van der Waals surface area contributed by atoms with Crippen LogP contribution in [0.5, 0.6) is 0 Å². The molecule has 0 radical (unpaired) electrons. The molecule has 0 aliphatic rings. The summed E-state index contributed by atoms with van der Waals surface area (Å²) in [6, 6.07) is 12.4. The van der Waals surface area contributed by atoms with Crippen LogP contribution in [0.4, 0.5) is 10.1 Å². The van der Waals surface area contributed by atoms with Gasteiger partial charge in [0, 0.05) is 15.1 Å². The van der Waals surface area contributed by atoms with Crippen LogP contribution >= 0.6 is 39.1 Å². The molecule has 7 heteroatoms. The molecule has 3 nitrogen and oxygen atoms in total. The standard InChI is InChI=1S/C17H9BrCl2FNO2/c18-9-1-4-14(13(21)7-9)22-17(23)16-6-5-15(24-16)11-3-2-10(19)8-12(11)20/h1-8H,(H,22,23). The first-order valence-corrected chi connectivity index (χ1v) is 8.30. The molecule has 0 bridgehead atoms. The van der Waals surface area contributed by atoms with Gasteiger partial charge in [-0.25, -0.2) is 4.39 Å². The Morgan fingerprint density at radius 2 is 1.88 bits per heavy atom. The molecule has 24 heavy (non-hydrogen) atoms. The summed E-state index contributed by atoms with van der Waals surface area (Å²) in [6.45, 7) is 0. The summed E-state index contributed by atoms with van der Waals surface area (Å²) in [5.74, 6) is -0.658. The van der Waals surface area contributed by atoms with Crippen LogP contribution in [0.15, 0.2) is 57.4 Å². The van der Waals surface area contributed by atoms with Crippen LogP contribution in [0.25, 0.3) is 11.3 Å². The summed E-state index contributed by atoms with van der Waals surface area (Å²) >= 11 is 15.1. The summed E-state index contributed by atoms with van der Waals surface area (Å²) in [6.07, 6.45) is 0. The Morgan fingerprint density at radius 3 is 2.58 bits per heavy atom. The maximum Gasteiger partial charge on any atom is 0.291 e. The molecule has 3 rings (SSSR count). The zero-order valence-electron chi connectivity index (χ0n) is 11.9. The first kappa shape index (κ1) is 17.0. The third-order valence-electron chi connectivity index (χ3n) is 3.21. The van der Waals surface area contributed by atoms with Gasteiger partial charge in [-0.15, -0.1) is 0 Å². The Morgan fingerprint density at radius 1 is 1.08 bits per heavy atom. The van der Waals surface area contributed by atoms with Gasteiger partial charge in [-0.3, -0.25) is 4.79 Å². The molecule has 3 aromatic rings. The third kappa shape index (κ3) is 3.64. The highest BCUT2D eigenvalue weighted by Gasteiger charge is 2.16. The van der Waals surface area contributed by atoms with Crippen molar-refractivity contribution in [1.82, 2.24) is 0 Å². The molecule has 0 aliphatic heterocycles. The predicted molar refractivity (Wildman–Crippen MR) is 96.2 cm³/mol. The summed E-state index contributed by atoms with van der Waals surface area (Å²) in [5.41, 5.74) is 0.667. The lowest BCUT2D eigenvalue weighted by atomic mass is 10.2. The highest BCUT2D eigenvalue weighted by atomic mass is 79.9. The van der Waals surface area contributed by atoms with E-state index in [0.717, 1.165) is 0 Å². The second kappa shape index (κ2) is 6.97. The number of furan rings is 1. The highest BCUT2D eigenvalue weighted by molar-refractivity contribution is 9.10. The lowest BCUT2D eigenvalue weighted by Gasteiger charge is -2.05. The molecule has 1 aromatic heterocycles. The second-order valence-electron chi connectivity index (χ2n) is 4.87. The van der Waals surface area contributed by atoms with Gasteiger partial charge in [0.05, 0.1) is 10.7 Å². The lowest BCUT2D eigenvalue weighted by Crippen LogP contribution is -2.12. The summed E-state index contributed by atoms with van der Waals surface area (Å²) in [4.78, 5) is 12.2. The molecule has 0 fully saturated rings. The van der Waals surface area contributed by atoms with Crippen LogP contribution in [0.2, 0.25) is 10.0 Å². The molecule has 2 aromatic carbocycles. The first-order chi connectivity index (χ1) is 11.4. The van der Waals surface area contributed by atoms with Crippen molar-refractivity contribution in [2.75, 3.05) is 5.32 Å². The Kier molecular flexibility index (Phi) is 4.94. The molecule has 1 amide bonds. The number of anilines is 1. The number of carbonyl (C=O) groups is 1. The van der Waals surface area contributed by atoms with E-state index in [2.05, 4.69) is 21.2 Å². The molecular weight excluding hydrogens is 420 g/mol. The fourth-order valence-electron chi connectivity index (χ4n) is 2.07. The summed E-state index contributed by atoms with van der Waals surface area (Å²) < 4.78 is 19.9. The molecule has 0 saturated heterocycles. The van der Waals surface area contributed by atoms with Crippen LogP contribution in [0.3, 0.4) is 0 Å². The number of nitrogens with one attached hydrogen (secondary N) is 1.